The molecule has 0 spiro atoms. The smallest absolute Gasteiger partial charge is 0.237 e. The van der Waals surface area contributed by atoms with E-state index in [0.717, 1.165) is 18.2 Å². The van der Waals surface area contributed by atoms with Gasteiger partial charge >= 0.3 is 0 Å². The molecule has 0 unspecified atom stereocenters. The predicted octanol–water partition coefficient (Wildman–Crippen LogP) is 3.03. The van der Waals surface area contributed by atoms with Gasteiger partial charge in [-0.05, 0) is 18.2 Å². The zero-order valence-electron chi connectivity index (χ0n) is 11.1. The van der Waals surface area contributed by atoms with Crippen molar-refractivity contribution in [3.8, 4) is 12.3 Å². The van der Waals surface area contributed by atoms with Crippen LogP contribution in [0.3, 0.4) is 0 Å². The quantitative estimate of drug-likeness (QED) is 0.878. The fourth-order valence-electron chi connectivity index (χ4n) is 1.77. The molecule has 0 aliphatic carbocycles. The van der Waals surface area contributed by atoms with Crippen molar-refractivity contribution in [2.45, 2.75) is 5.75 Å². The van der Waals surface area contributed by atoms with Gasteiger partial charge in [-0.1, -0.05) is 24.1 Å². The second kappa shape index (κ2) is 6.12. The Balaban J connectivity index is 2.31. The van der Waals surface area contributed by atoms with Crippen LogP contribution in [0.25, 0.3) is 0 Å². The number of anilines is 1. The number of halogens is 3. The second-order valence-electron chi connectivity index (χ2n) is 4.41. The van der Waals surface area contributed by atoms with E-state index in [-0.39, 0.29) is 11.1 Å². The van der Waals surface area contributed by atoms with Crippen molar-refractivity contribution in [2.75, 3.05) is 4.72 Å². The van der Waals surface area contributed by atoms with Crippen LogP contribution in [0.1, 0.15) is 11.1 Å². The lowest BCUT2D eigenvalue weighted by Gasteiger charge is -2.11. The van der Waals surface area contributed by atoms with Crippen molar-refractivity contribution in [1.82, 2.24) is 0 Å². The van der Waals surface area contributed by atoms with E-state index in [1.807, 2.05) is 5.92 Å². The molecule has 0 saturated carbocycles. The minimum Gasteiger partial charge on any atom is -0.278 e. The first kappa shape index (κ1) is 15.9. The number of rotatable bonds is 4. The molecule has 2 rings (SSSR count). The van der Waals surface area contributed by atoms with Gasteiger partial charge in [-0.15, -0.1) is 6.42 Å². The van der Waals surface area contributed by atoms with E-state index in [1.165, 1.54) is 18.2 Å². The monoisotopic (exact) mass is 325 g/mol. The van der Waals surface area contributed by atoms with Crippen LogP contribution in [0.2, 0.25) is 0 Å². The van der Waals surface area contributed by atoms with Crippen molar-refractivity contribution in [3.63, 3.8) is 0 Å². The molecule has 0 radical (unpaired) electrons. The van der Waals surface area contributed by atoms with Gasteiger partial charge in [-0.3, -0.25) is 4.72 Å². The number of hydrogen-bond acceptors (Lipinski definition) is 2. The highest BCUT2D eigenvalue weighted by Gasteiger charge is 2.19. The lowest BCUT2D eigenvalue weighted by Crippen LogP contribution is -2.17. The Kier molecular flexibility index (Phi) is 4.43. The summed E-state index contributed by atoms with van der Waals surface area (Å²) in [5, 5.41) is 0. The minimum absolute atomic E-state index is 0.0629. The topological polar surface area (TPSA) is 46.2 Å². The minimum atomic E-state index is -4.20. The van der Waals surface area contributed by atoms with E-state index in [1.54, 1.807) is 4.72 Å². The largest absolute Gasteiger partial charge is 0.278 e. The van der Waals surface area contributed by atoms with E-state index in [0.29, 0.717) is 0 Å². The summed E-state index contributed by atoms with van der Waals surface area (Å²) in [6.07, 6.45) is 5.02. The lowest BCUT2D eigenvalue weighted by atomic mass is 10.2. The van der Waals surface area contributed by atoms with E-state index in [4.69, 9.17) is 6.42 Å². The third-order valence-corrected chi connectivity index (χ3v) is 3.98. The molecule has 0 atom stereocenters. The van der Waals surface area contributed by atoms with Crippen molar-refractivity contribution >= 4 is 15.7 Å². The van der Waals surface area contributed by atoms with Crippen molar-refractivity contribution in [3.05, 3.63) is 65.0 Å². The number of nitrogens with one attached hydrogen (secondary N) is 1. The molecule has 0 heterocycles. The van der Waals surface area contributed by atoms with Crippen LogP contribution in [0.5, 0.6) is 0 Å². The van der Waals surface area contributed by atoms with E-state index >= 15 is 0 Å². The van der Waals surface area contributed by atoms with Crippen LogP contribution in [0, 0.1) is 29.8 Å². The van der Waals surface area contributed by atoms with Gasteiger partial charge in [0.1, 0.15) is 11.5 Å². The average Bonchev–Trinajstić information content (AvgIpc) is 2.45. The molecule has 0 aliphatic heterocycles. The van der Waals surface area contributed by atoms with Crippen LogP contribution in [0.15, 0.2) is 36.4 Å². The highest BCUT2D eigenvalue weighted by Crippen LogP contribution is 2.23. The molecule has 114 valence electrons. The summed E-state index contributed by atoms with van der Waals surface area (Å²) in [6, 6.07) is 6.86. The van der Waals surface area contributed by atoms with Gasteiger partial charge in [-0.2, -0.15) is 0 Å². The Bertz CT molecular complexity index is 834. The summed E-state index contributed by atoms with van der Waals surface area (Å²) in [7, 11) is -4.20. The summed E-state index contributed by atoms with van der Waals surface area (Å²) in [4.78, 5) is 0. The Labute approximate surface area is 125 Å². The predicted molar refractivity (Wildman–Crippen MR) is 76.9 cm³/mol. The molecule has 7 heteroatoms. The summed E-state index contributed by atoms with van der Waals surface area (Å²) < 4.78 is 66.5. The third kappa shape index (κ3) is 3.59. The third-order valence-electron chi connectivity index (χ3n) is 2.77. The molecular weight excluding hydrogens is 315 g/mol. The van der Waals surface area contributed by atoms with Crippen LogP contribution in [-0.2, 0) is 15.8 Å². The summed E-state index contributed by atoms with van der Waals surface area (Å²) >= 11 is 0. The van der Waals surface area contributed by atoms with Crippen molar-refractivity contribution in [1.29, 1.82) is 0 Å². The number of terminal acetylenes is 1. The zero-order chi connectivity index (χ0) is 16.3. The maximum atomic E-state index is 13.7. The average molecular weight is 325 g/mol. The van der Waals surface area contributed by atoms with E-state index < -0.39 is 38.9 Å². The maximum absolute atomic E-state index is 13.7. The SMILES string of the molecule is C#Cc1cc(F)c(NS(=O)(=O)Cc2ccccc2F)c(F)c1. The van der Waals surface area contributed by atoms with Gasteiger partial charge in [0, 0.05) is 11.1 Å². The van der Waals surface area contributed by atoms with Crippen LogP contribution < -0.4 is 4.72 Å². The molecule has 22 heavy (non-hydrogen) atoms. The highest BCUT2D eigenvalue weighted by molar-refractivity contribution is 7.91. The van der Waals surface area contributed by atoms with Gasteiger partial charge in [0.25, 0.3) is 0 Å². The van der Waals surface area contributed by atoms with E-state index in [2.05, 4.69) is 0 Å². The lowest BCUT2D eigenvalue weighted by molar-refractivity contribution is 0.579. The normalized spacial score (nSPS) is 11.0. The van der Waals surface area contributed by atoms with Crippen LogP contribution >= 0.6 is 0 Å². The van der Waals surface area contributed by atoms with E-state index in [9.17, 15) is 21.6 Å². The fourth-order valence-corrected chi connectivity index (χ4v) is 2.99. The summed E-state index contributed by atoms with van der Waals surface area (Å²) in [5.74, 6) is -1.74. The number of benzene rings is 2. The molecule has 0 aliphatic rings. The van der Waals surface area contributed by atoms with Crippen molar-refractivity contribution < 1.29 is 21.6 Å². The first-order valence-corrected chi connectivity index (χ1v) is 7.67. The van der Waals surface area contributed by atoms with Crippen molar-refractivity contribution in [2.24, 2.45) is 0 Å². The van der Waals surface area contributed by atoms with Gasteiger partial charge < -0.3 is 0 Å². The molecule has 2 aromatic rings. The Morgan fingerprint density at radius 1 is 1.05 bits per heavy atom. The molecule has 0 saturated heterocycles. The molecule has 0 bridgehead atoms. The number of hydrogen-bond donors (Lipinski definition) is 1. The van der Waals surface area contributed by atoms with Gasteiger partial charge in [-0.25, -0.2) is 21.6 Å². The standard InChI is InChI=1S/C15H10F3NO2S/c1-2-10-7-13(17)15(14(18)8-10)19-22(20,21)9-11-5-3-4-6-12(11)16/h1,3-8,19H,9H2. The Morgan fingerprint density at radius 3 is 2.18 bits per heavy atom. The number of sulfonamides is 1. The Hall–Kier alpha value is -2.46. The van der Waals surface area contributed by atoms with Gasteiger partial charge in [0.15, 0.2) is 11.6 Å². The second-order valence-corrected chi connectivity index (χ2v) is 6.13. The van der Waals surface area contributed by atoms with Gasteiger partial charge in [0.2, 0.25) is 10.0 Å². The molecule has 1 N–H and O–H groups in total. The molecule has 2 aromatic carbocycles. The first-order valence-electron chi connectivity index (χ1n) is 6.02. The Morgan fingerprint density at radius 2 is 1.64 bits per heavy atom. The molecule has 0 amide bonds. The summed E-state index contributed by atoms with van der Waals surface area (Å²) in [5.41, 5.74) is -1.03. The molecule has 0 aromatic heterocycles. The fraction of sp³-hybridized carbons (Fsp3) is 0.0667. The zero-order valence-corrected chi connectivity index (χ0v) is 11.9. The molecular formula is C15H10F3NO2S. The molecule has 3 nitrogen and oxygen atoms in total. The first-order chi connectivity index (χ1) is 10.3. The molecule has 0 fully saturated rings. The highest BCUT2D eigenvalue weighted by atomic mass is 32.2. The summed E-state index contributed by atoms with van der Waals surface area (Å²) in [6.45, 7) is 0. The van der Waals surface area contributed by atoms with Gasteiger partial charge in [0.05, 0.1) is 5.75 Å². The van der Waals surface area contributed by atoms with Crippen LogP contribution in [-0.4, -0.2) is 8.42 Å². The van der Waals surface area contributed by atoms with Crippen LogP contribution in [0.4, 0.5) is 18.9 Å². The maximum Gasteiger partial charge on any atom is 0.237 e.